The predicted octanol–water partition coefficient (Wildman–Crippen LogP) is 2.85. The van der Waals surface area contributed by atoms with Crippen molar-refractivity contribution in [1.29, 1.82) is 0 Å². The van der Waals surface area contributed by atoms with Gasteiger partial charge in [-0.3, -0.25) is 0 Å². The van der Waals surface area contributed by atoms with E-state index >= 15 is 0 Å². The number of nitrogens with zero attached hydrogens (tertiary/aromatic N) is 1. The normalized spacial score (nSPS) is 11.7. The van der Waals surface area contributed by atoms with E-state index in [0.29, 0.717) is 0 Å². The number of nitrogens with two attached hydrogens (primary N) is 1. The molecule has 0 saturated carbocycles. The summed E-state index contributed by atoms with van der Waals surface area (Å²) in [6.45, 7) is 0. The predicted molar refractivity (Wildman–Crippen MR) is 80.5 cm³/mol. The summed E-state index contributed by atoms with van der Waals surface area (Å²) in [5, 5.41) is 9.20. The smallest absolute Gasteiger partial charge is 0.238 e. The van der Waals surface area contributed by atoms with Gasteiger partial charge in [-0.05, 0) is 52.7 Å². The molecule has 0 aliphatic rings. The van der Waals surface area contributed by atoms with E-state index in [1.54, 1.807) is 23.5 Å². The zero-order valence-corrected chi connectivity index (χ0v) is 12.1. The molecule has 6 heteroatoms. The van der Waals surface area contributed by atoms with Crippen LogP contribution < -0.4 is 5.14 Å². The number of primary sulfonamides is 1. The molecule has 0 radical (unpaired) electrons. The Morgan fingerprint density at radius 3 is 2.35 bits per heavy atom. The van der Waals surface area contributed by atoms with Crippen LogP contribution in [0.15, 0.2) is 64.4 Å². The molecule has 102 valence electrons. The highest BCUT2D eigenvalue weighted by atomic mass is 32.2. The van der Waals surface area contributed by atoms with E-state index in [1.807, 2.05) is 28.4 Å². The number of aromatic nitrogens is 1. The van der Waals surface area contributed by atoms with Crippen LogP contribution in [-0.4, -0.2) is 13.0 Å². The molecule has 0 saturated heterocycles. The van der Waals surface area contributed by atoms with Gasteiger partial charge in [-0.15, -0.1) is 0 Å². The molecular formula is C14H12N2O2S2. The lowest BCUT2D eigenvalue weighted by molar-refractivity contribution is 0.598. The fraction of sp³-hybridized carbons (Fsp3) is 0. The van der Waals surface area contributed by atoms with Crippen LogP contribution in [0.3, 0.4) is 0 Å². The number of sulfonamides is 1. The lowest BCUT2D eigenvalue weighted by atomic mass is 10.2. The van der Waals surface area contributed by atoms with Crippen molar-refractivity contribution in [2.45, 2.75) is 4.90 Å². The SMILES string of the molecule is NS(=O)(=O)c1ccc(-n2ccc(-c3ccsc3)c2)cc1. The average molecular weight is 304 g/mol. The van der Waals surface area contributed by atoms with Gasteiger partial charge >= 0.3 is 0 Å². The summed E-state index contributed by atoms with van der Waals surface area (Å²) in [5.74, 6) is 0. The van der Waals surface area contributed by atoms with Crippen molar-refractivity contribution in [1.82, 2.24) is 4.57 Å². The number of rotatable bonds is 3. The minimum absolute atomic E-state index is 0.117. The second kappa shape index (κ2) is 4.90. The van der Waals surface area contributed by atoms with E-state index in [2.05, 4.69) is 11.4 Å². The van der Waals surface area contributed by atoms with Crippen LogP contribution in [0, 0.1) is 0 Å². The molecular weight excluding hydrogens is 292 g/mol. The van der Waals surface area contributed by atoms with E-state index < -0.39 is 10.0 Å². The van der Waals surface area contributed by atoms with E-state index in [-0.39, 0.29) is 4.90 Å². The van der Waals surface area contributed by atoms with Crippen molar-refractivity contribution in [3.05, 3.63) is 59.6 Å². The third-order valence-corrected chi connectivity index (χ3v) is 4.62. The largest absolute Gasteiger partial charge is 0.323 e. The summed E-state index contributed by atoms with van der Waals surface area (Å²) in [7, 11) is -3.64. The van der Waals surface area contributed by atoms with E-state index in [9.17, 15) is 8.42 Å². The molecule has 3 aromatic rings. The Kier molecular flexibility index (Phi) is 3.21. The van der Waals surface area contributed by atoms with Crippen molar-refractivity contribution in [2.24, 2.45) is 5.14 Å². The van der Waals surface area contributed by atoms with Crippen molar-refractivity contribution in [3.63, 3.8) is 0 Å². The summed E-state index contributed by atoms with van der Waals surface area (Å²) in [5.41, 5.74) is 3.19. The fourth-order valence-corrected chi connectivity index (χ4v) is 3.14. The standard InChI is InChI=1S/C14H12N2O2S2/c15-20(17,18)14-3-1-13(2-4-14)16-7-5-11(9-16)12-6-8-19-10-12/h1-10H,(H2,15,17,18). The highest BCUT2D eigenvalue weighted by Gasteiger charge is 2.07. The van der Waals surface area contributed by atoms with Crippen LogP contribution in [0.4, 0.5) is 0 Å². The Hall–Kier alpha value is -1.89. The first kappa shape index (κ1) is 13.1. The van der Waals surface area contributed by atoms with Gasteiger partial charge in [-0.25, -0.2) is 13.6 Å². The minimum atomic E-state index is -3.64. The Balaban J connectivity index is 1.94. The number of hydrogen-bond acceptors (Lipinski definition) is 3. The highest BCUT2D eigenvalue weighted by molar-refractivity contribution is 7.89. The van der Waals surface area contributed by atoms with Gasteiger partial charge in [0.25, 0.3) is 0 Å². The van der Waals surface area contributed by atoms with Gasteiger partial charge in [0.15, 0.2) is 0 Å². The first-order valence-corrected chi connectivity index (χ1v) is 8.37. The van der Waals surface area contributed by atoms with Crippen molar-refractivity contribution in [2.75, 3.05) is 0 Å². The van der Waals surface area contributed by atoms with Gasteiger partial charge in [0.1, 0.15) is 0 Å². The van der Waals surface area contributed by atoms with Crippen LogP contribution in [0.25, 0.3) is 16.8 Å². The van der Waals surface area contributed by atoms with Gasteiger partial charge in [-0.2, -0.15) is 11.3 Å². The molecule has 4 nitrogen and oxygen atoms in total. The van der Waals surface area contributed by atoms with Crippen LogP contribution in [0.5, 0.6) is 0 Å². The monoisotopic (exact) mass is 304 g/mol. The number of hydrogen-bond donors (Lipinski definition) is 1. The number of benzene rings is 1. The molecule has 0 atom stereocenters. The fourth-order valence-electron chi connectivity index (χ4n) is 1.96. The maximum absolute atomic E-state index is 11.2. The number of thiophene rings is 1. The molecule has 0 aliphatic carbocycles. The van der Waals surface area contributed by atoms with E-state index in [4.69, 9.17) is 5.14 Å². The second-order valence-electron chi connectivity index (χ2n) is 4.36. The first-order chi connectivity index (χ1) is 9.54. The average Bonchev–Trinajstić information content (AvgIpc) is 3.09. The summed E-state index contributed by atoms with van der Waals surface area (Å²) in [6, 6.07) is 10.6. The topological polar surface area (TPSA) is 65.1 Å². The maximum atomic E-state index is 11.2. The van der Waals surface area contributed by atoms with E-state index in [0.717, 1.165) is 11.3 Å². The van der Waals surface area contributed by atoms with Crippen LogP contribution in [0.1, 0.15) is 0 Å². The third kappa shape index (κ3) is 2.53. The van der Waals surface area contributed by atoms with Gasteiger partial charge in [-0.1, -0.05) is 0 Å². The van der Waals surface area contributed by atoms with Gasteiger partial charge < -0.3 is 4.57 Å². The molecule has 0 spiro atoms. The van der Waals surface area contributed by atoms with Gasteiger partial charge in [0.05, 0.1) is 4.90 Å². The summed E-state index contributed by atoms with van der Waals surface area (Å²) in [4.78, 5) is 0.117. The Bertz CT molecular complexity index is 816. The molecule has 2 heterocycles. The molecule has 3 rings (SSSR count). The van der Waals surface area contributed by atoms with Crippen molar-refractivity contribution < 1.29 is 8.42 Å². The molecule has 2 aromatic heterocycles. The van der Waals surface area contributed by atoms with Crippen LogP contribution >= 0.6 is 11.3 Å². The summed E-state index contributed by atoms with van der Waals surface area (Å²) in [6.07, 6.45) is 3.95. The van der Waals surface area contributed by atoms with Crippen molar-refractivity contribution in [3.8, 4) is 16.8 Å². The molecule has 0 amide bonds. The quantitative estimate of drug-likeness (QED) is 0.808. The third-order valence-electron chi connectivity index (χ3n) is 3.01. The maximum Gasteiger partial charge on any atom is 0.238 e. The Morgan fingerprint density at radius 2 is 1.75 bits per heavy atom. The van der Waals surface area contributed by atoms with Gasteiger partial charge in [0, 0.05) is 23.6 Å². The van der Waals surface area contributed by atoms with Crippen LogP contribution in [-0.2, 0) is 10.0 Å². The van der Waals surface area contributed by atoms with Crippen LogP contribution in [0.2, 0.25) is 0 Å². The van der Waals surface area contributed by atoms with E-state index in [1.165, 1.54) is 17.7 Å². The van der Waals surface area contributed by atoms with Crippen molar-refractivity contribution >= 4 is 21.4 Å². The Labute approximate surface area is 121 Å². The molecule has 0 unspecified atom stereocenters. The molecule has 0 bridgehead atoms. The molecule has 20 heavy (non-hydrogen) atoms. The molecule has 0 fully saturated rings. The minimum Gasteiger partial charge on any atom is -0.323 e. The lowest BCUT2D eigenvalue weighted by Gasteiger charge is -2.04. The molecule has 0 aliphatic heterocycles. The highest BCUT2D eigenvalue weighted by Crippen LogP contribution is 2.24. The Morgan fingerprint density at radius 1 is 1.00 bits per heavy atom. The molecule has 1 aromatic carbocycles. The zero-order valence-electron chi connectivity index (χ0n) is 10.4. The zero-order chi connectivity index (χ0) is 14.2. The lowest BCUT2D eigenvalue weighted by Crippen LogP contribution is -2.11. The summed E-state index contributed by atoms with van der Waals surface area (Å²) >= 11 is 1.65. The van der Waals surface area contributed by atoms with Gasteiger partial charge in [0.2, 0.25) is 10.0 Å². The second-order valence-corrected chi connectivity index (χ2v) is 6.70. The summed E-state index contributed by atoms with van der Waals surface area (Å²) < 4.78 is 24.4. The first-order valence-electron chi connectivity index (χ1n) is 5.88. The molecule has 2 N–H and O–H groups in total.